The van der Waals surface area contributed by atoms with Crippen LogP contribution in [-0.4, -0.2) is 10.2 Å². The highest BCUT2D eigenvalue weighted by Gasteiger charge is 2.07. The van der Waals surface area contributed by atoms with Gasteiger partial charge in [0.05, 0.1) is 10.0 Å². The van der Waals surface area contributed by atoms with Gasteiger partial charge >= 0.3 is 0 Å². The number of hydrogen-bond donors (Lipinski definition) is 3. The van der Waals surface area contributed by atoms with Gasteiger partial charge in [-0.3, -0.25) is 0 Å². The number of hydrogen-bond acceptors (Lipinski definition) is 3. The molecule has 2 aromatic rings. The minimum absolute atomic E-state index is 0.116. The zero-order valence-corrected chi connectivity index (χ0v) is 12.7. The topological polar surface area (TPSA) is 52.5 Å². The first-order valence-electron chi connectivity index (χ1n) is 6.09. The van der Waals surface area contributed by atoms with E-state index in [1.54, 1.807) is 12.1 Å². The van der Waals surface area contributed by atoms with E-state index in [-0.39, 0.29) is 15.8 Å². The Kier molecular flexibility index (Phi) is 4.31. The predicted octanol–water partition coefficient (Wildman–Crippen LogP) is 4.63. The predicted molar refractivity (Wildman–Crippen MR) is 83.0 cm³/mol. The van der Waals surface area contributed by atoms with Crippen LogP contribution in [0.1, 0.15) is 16.7 Å². The average molecular weight is 312 g/mol. The van der Waals surface area contributed by atoms with Crippen molar-refractivity contribution in [1.82, 2.24) is 0 Å². The van der Waals surface area contributed by atoms with Crippen LogP contribution in [0.5, 0.6) is 11.5 Å². The Bertz CT molecular complexity index is 553. The highest BCUT2D eigenvalue weighted by atomic mass is 35.5. The van der Waals surface area contributed by atoms with Gasteiger partial charge in [0.25, 0.3) is 0 Å². The second kappa shape index (κ2) is 5.81. The van der Waals surface area contributed by atoms with Crippen molar-refractivity contribution in [3.05, 3.63) is 51.0 Å². The van der Waals surface area contributed by atoms with Crippen molar-refractivity contribution in [2.75, 3.05) is 5.32 Å². The summed E-state index contributed by atoms with van der Waals surface area (Å²) >= 11 is 11.7. The largest absolute Gasteiger partial charge is 0.507 e. The molecule has 2 aromatic carbocycles. The van der Waals surface area contributed by atoms with Crippen LogP contribution in [0.3, 0.4) is 0 Å². The molecule has 0 spiro atoms. The summed E-state index contributed by atoms with van der Waals surface area (Å²) in [5.74, 6) is 0.208. The van der Waals surface area contributed by atoms with Crippen LogP contribution < -0.4 is 5.32 Å². The minimum atomic E-state index is -0.116. The van der Waals surface area contributed by atoms with Gasteiger partial charge in [0.1, 0.15) is 5.75 Å². The SMILES string of the molecule is Cc1cc(CNc2cc(Cl)c(O)c(Cl)c2)cc(C)c1O. The van der Waals surface area contributed by atoms with E-state index < -0.39 is 0 Å². The molecule has 20 heavy (non-hydrogen) atoms. The zero-order chi connectivity index (χ0) is 14.9. The van der Waals surface area contributed by atoms with Crippen LogP contribution >= 0.6 is 23.2 Å². The van der Waals surface area contributed by atoms with E-state index in [9.17, 15) is 10.2 Å². The molecule has 0 heterocycles. The number of phenols is 2. The molecule has 0 aliphatic rings. The number of anilines is 1. The quantitative estimate of drug-likeness (QED) is 0.724. The fraction of sp³-hybridized carbons (Fsp3) is 0.200. The normalized spacial score (nSPS) is 10.6. The van der Waals surface area contributed by atoms with Gasteiger partial charge in [-0.2, -0.15) is 0 Å². The molecule has 0 bridgehead atoms. The van der Waals surface area contributed by atoms with Crippen molar-refractivity contribution in [3.8, 4) is 11.5 Å². The summed E-state index contributed by atoms with van der Waals surface area (Å²) in [6.45, 7) is 4.29. The molecule has 106 valence electrons. The van der Waals surface area contributed by atoms with Gasteiger partial charge in [-0.25, -0.2) is 0 Å². The van der Waals surface area contributed by atoms with Crippen LogP contribution in [0.25, 0.3) is 0 Å². The van der Waals surface area contributed by atoms with Gasteiger partial charge in [-0.05, 0) is 42.7 Å². The molecule has 2 rings (SSSR count). The van der Waals surface area contributed by atoms with Gasteiger partial charge in [0.15, 0.2) is 5.75 Å². The maximum atomic E-state index is 9.74. The monoisotopic (exact) mass is 311 g/mol. The van der Waals surface area contributed by atoms with Crippen LogP contribution in [0.15, 0.2) is 24.3 Å². The summed E-state index contributed by atoms with van der Waals surface area (Å²) in [6.07, 6.45) is 0. The van der Waals surface area contributed by atoms with Gasteiger partial charge in [0.2, 0.25) is 0 Å². The highest BCUT2D eigenvalue weighted by molar-refractivity contribution is 6.37. The summed E-state index contributed by atoms with van der Waals surface area (Å²) in [5, 5.41) is 22.8. The first-order valence-corrected chi connectivity index (χ1v) is 6.85. The van der Waals surface area contributed by atoms with Gasteiger partial charge in [-0.1, -0.05) is 35.3 Å². The molecule has 0 aromatic heterocycles. The molecule has 0 radical (unpaired) electrons. The Hall–Kier alpha value is -1.58. The molecule has 0 amide bonds. The Morgan fingerprint density at radius 2 is 1.40 bits per heavy atom. The number of benzene rings is 2. The molecule has 5 heteroatoms. The van der Waals surface area contributed by atoms with Crippen molar-refractivity contribution in [1.29, 1.82) is 0 Å². The number of phenolic OH excluding ortho intramolecular Hbond substituents is 2. The fourth-order valence-corrected chi connectivity index (χ4v) is 2.51. The minimum Gasteiger partial charge on any atom is -0.507 e. The molecular formula is C15H15Cl2NO2. The van der Waals surface area contributed by atoms with Crippen molar-refractivity contribution < 1.29 is 10.2 Å². The summed E-state index contributed by atoms with van der Waals surface area (Å²) in [6, 6.07) is 7.06. The van der Waals surface area contributed by atoms with E-state index in [4.69, 9.17) is 23.2 Å². The third-order valence-electron chi connectivity index (χ3n) is 3.06. The molecule has 0 atom stereocenters. The van der Waals surface area contributed by atoms with Crippen LogP contribution in [0.4, 0.5) is 5.69 Å². The number of rotatable bonds is 3. The van der Waals surface area contributed by atoms with Gasteiger partial charge < -0.3 is 15.5 Å². The van der Waals surface area contributed by atoms with E-state index in [2.05, 4.69) is 5.32 Å². The van der Waals surface area contributed by atoms with Crippen molar-refractivity contribution in [2.45, 2.75) is 20.4 Å². The Morgan fingerprint density at radius 1 is 0.900 bits per heavy atom. The van der Waals surface area contributed by atoms with Crippen LogP contribution in [-0.2, 0) is 6.54 Å². The molecular weight excluding hydrogens is 297 g/mol. The summed E-state index contributed by atoms with van der Waals surface area (Å²) < 4.78 is 0. The molecule has 0 saturated carbocycles. The second-order valence-electron chi connectivity index (χ2n) is 4.72. The lowest BCUT2D eigenvalue weighted by atomic mass is 10.1. The van der Waals surface area contributed by atoms with E-state index in [0.29, 0.717) is 12.3 Å². The van der Waals surface area contributed by atoms with E-state index in [1.165, 1.54) is 0 Å². The summed E-state index contributed by atoms with van der Waals surface area (Å²) in [4.78, 5) is 0. The average Bonchev–Trinajstić information content (AvgIpc) is 2.39. The smallest absolute Gasteiger partial charge is 0.152 e. The Morgan fingerprint density at radius 3 is 1.90 bits per heavy atom. The number of halogens is 2. The Balaban J connectivity index is 2.17. The lowest BCUT2D eigenvalue weighted by molar-refractivity contribution is 0.466. The van der Waals surface area contributed by atoms with Crippen molar-refractivity contribution >= 4 is 28.9 Å². The van der Waals surface area contributed by atoms with Crippen LogP contribution in [0.2, 0.25) is 10.0 Å². The number of nitrogens with one attached hydrogen (secondary N) is 1. The standard InChI is InChI=1S/C15H15Cl2NO2/c1-8-3-10(4-9(2)14(8)19)7-18-11-5-12(16)15(20)13(17)6-11/h3-6,18-20H,7H2,1-2H3. The molecule has 0 unspecified atom stereocenters. The van der Waals surface area contributed by atoms with Crippen molar-refractivity contribution in [3.63, 3.8) is 0 Å². The van der Waals surface area contributed by atoms with Crippen LogP contribution in [0, 0.1) is 13.8 Å². The summed E-state index contributed by atoms with van der Waals surface area (Å²) in [7, 11) is 0. The number of aromatic hydroxyl groups is 2. The maximum Gasteiger partial charge on any atom is 0.152 e. The van der Waals surface area contributed by atoms with E-state index in [0.717, 1.165) is 22.4 Å². The van der Waals surface area contributed by atoms with E-state index >= 15 is 0 Å². The zero-order valence-electron chi connectivity index (χ0n) is 11.2. The lowest BCUT2D eigenvalue weighted by Crippen LogP contribution is -2.00. The fourth-order valence-electron chi connectivity index (χ4n) is 2.02. The van der Waals surface area contributed by atoms with E-state index in [1.807, 2.05) is 26.0 Å². The Labute approximate surface area is 127 Å². The molecule has 0 fully saturated rings. The second-order valence-corrected chi connectivity index (χ2v) is 5.53. The number of aryl methyl sites for hydroxylation is 2. The first kappa shape index (κ1) is 14.8. The van der Waals surface area contributed by atoms with Crippen molar-refractivity contribution in [2.24, 2.45) is 0 Å². The maximum absolute atomic E-state index is 9.74. The molecule has 3 nitrogen and oxygen atoms in total. The lowest BCUT2D eigenvalue weighted by Gasteiger charge is -2.11. The molecule has 0 aliphatic carbocycles. The summed E-state index contributed by atoms with van der Waals surface area (Å²) in [5.41, 5.74) is 3.44. The van der Waals surface area contributed by atoms with Gasteiger partial charge in [0, 0.05) is 12.2 Å². The molecule has 0 saturated heterocycles. The molecule has 0 aliphatic heterocycles. The highest BCUT2D eigenvalue weighted by Crippen LogP contribution is 2.34. The first-order chi connectivity index (χ1) is 9.38. The molecule has 3 N–H and O–H groups in total. The third kappa shape index (κ3) is 3.11. The van der Waals surface area contributed by atoms with Gasteiger partial charge in [-0.15, -0.1) is 0 Å². The third-order valence-corrected chi connectivity index (χ3v) is 3.64.